The van der Waals surface area contributed by atoms with Crippen LogP contribution in [0.2, 0.25) is 0 Å². The Balaban J connectivity index is 1.35. The zero-order valence-electron chi connectivity index (χ0n) is 26.4. The molecule has 0 saturated heterocycles. The molecular weight excluding hydrogens is 552 g/mol. The van der Waals surface area contributed by atoms with E-state index in [1.54, 1.807) is 0 Å². The van der Waals surface area contributed by atoms with Crippen molar-refractivity contribution in [3.63, 3.8) is 0 Å². The van der Waals surface area contributed by atoms with Crippen molar-refractivity contribution in [3.8, 4) is 0 Å². The lowest BCUT2D eigenvalue weighted by atomic mass is 9.81. The molecule has 5 aromatic carbocycles. The van der Waals surface area contributed by atoms with Crippen molar-refractivity contribution < 1.29 is 9.37 Å². The van der Waals surface area contributed by atoms with Gasteiger partial charge in [-0.15, -0.1) is 0 Å². The highest BCUT2D eigenvalue weighted by atomic mass is 16.1. The average Bonchev–Trinajstić information content (AvgIpc) is 3.26. The normalized spacial score (nSPS) is 13.9. The summed E-state index contributed by atoms with van der Waals surface area (Å²) in [6.07, 6.45) is 8.07. The lowest BCUT2D eigenvalue weighted by molar-refractivity contribution is -0.438. The molecule has 0 atom stereocenters. The Hall–Kier alpha value is -4.74. The average molecular weight is 596 g/mol. The number of carbonyl (C=O) groups excluding carboxylic acids is 1. The third kappa shape index (κ3) is 6.54. The van der Waals surface area contributed by atoms with E-state index in [9.17, 15) is 4.79 Å². The number of fused-ring (bicyclic) bond motifs is 3. The predicted molar refractivity (Wildman–Crippen MR) is 190 cm³/mol. The molecule has 6 rings (SSSR count). The van der Waals surface area contributed by atoms with Crippen LogP contribution in [0.15, 0.2) is 109 Å². The van der Waals surface area contributed by atoms with Crippen LogP contribution in [0.3, 0.4) is 0 Å². The van der Waals surface area contributed by atoms with Crippen molar-refractivity contribution >= 4 is 56.3 Å². The van der Waals surface area contributed by atoms with Gasteiger partial charge in [0.05, 0.1) is 5.41 Å². The molecule has 0 saturated carbocycles. The maximum Gasteiger partial charge on any atom is 0.220 e. The molecule has 1 aliphatic heterocycles. The molecule has 0 spiro atoms. The van der Waals surface area contributed by atoms with Gasteiger partial charge in [-0.3, -0.25) is 4.79 Å². The first-order valence-electron chi connectivity index (χ1n) is 16.1. The topological polar surface area (TPSA) is 70.2 Å². The van der Waals surface area contributed by atoms with E-state index in [-0.39, 0.29) is 11.3 Å². The van der Waals surface area contributed by atoms with Gasteiger partial charge in [0.1, 0.15) is 6.54 Å². The Labute approximate surface area is 266 Å². The summed E-state index contributed by atoms with van der Waals surface area (Å²) in [4.78, 5) is 12.1. The number of amides is 1. The molecule has 1 heterocycles. The van der Waals surface area contributed by atoms with E-state index in [0.29, 0.717) is 19.5 Å². The van der Waals surface area contributed by atoms with Crippen LogP contribution >= 0.6 is 0 Å². The third-order valence-corrected chi connectivity index (χ3v) is 8.93. The van der Waals surface area contributed by atoms with E-state index >= 15 is 0 Å². The van der Waals surface area contributed by atoms with E-state index in [1.165, 1.54) is 44.1 Å². The summed E-state index contributed by atoms with van der Waals surface area (Å²) >= 11 is 0. The quantitative estimate of drug-likeness (QED) is 0.0770. The van der Waals surface area contributed by atoms with Gasteiger partial charge in [-0.05, 0) is 90.2 Å². The molecule has 1 aliphatic rings. The molecule has 1 amide bonds. The highest BCUT2D eigenvalue weighted by Crippen LogP contribution is 2.42. The number of anilines is 2. The van der Waals surface area contributed by atoms with Crippen LogP contribution in [0.5, 0.6) is 0 Å². The number of para-hydroxylation sites is 1. The van der Waals surface area contributed by atoms with Gasteiger partial charge in [0, 0.05) is 55.0 Å². The van der Waals surface area contributed by atoms with Crippen molar-refractivity contribution in [2.75, 3.05) is 25.0 Å². The van der Waals surface area contributed by atoms with E-state index < -0.39 is 0 Å². The number of allylic oxidation sites excluding steroid dienone is 1. The predicted octanol–water partition coefficient (Wildman–Crippen LogP) is 8.46. The Bertz CT molecular complexity index is 1830. The Morgan fingerprint density at radius 1 is 0.778 bits per heavy atom. The summed E-state index contributed by atoms with van der Waals surface area (Å²) in [5, 5.41) is 11.5. The number of hydrogen-bond donors (Lipinski definition) is 3. The monoisotopic (exact) mass is 595 g/mol. The minimum Gasteiger partial charge on any atom is -0.356 e. The van der Waals surface area contributed by atoms with Crippen LogP contribution in [-0.2, 0) is 10.2 Å². The molecule has 0 bridgehead atoms. The van der Waals surface area contributed by atoms with Gasteiger partial charge >= 0.3 is 0 Å². The molecule has 0 radical (unpaired) electrons. The van der Waals surface area contributed by atoms with Gasteiger partial charge in [0.15, 0.2) is 5.71 Å². The van der Waals surface area contributed by atoms with E-state index in [4.69, 9.17) is 5.73 Å². The van der Waals surface area contributed by atoms with Crippen LogP contribution in [-0.4, -0.2) is 35.8 Å². The second-order valence-corrected chi connectivity index (χ2v) is 12.4. The second-order valence-electron chi connectivity index (χ2n) is 12.4. The minimum atomic E-state index is -0.206. The van der Waals surface area contributed by atoms with E-state index in [1.807, 2.05) is 6.07 Å². The molecule has 5 aromatic rings. The van der Waals surface area contributed by atoms with Crippen LogP contribution in [0.4, 0.5) is 17.1 Å². The molecule has 5 nitrogen and oxygen atoms in total. The number of carbonyl (C=O) groups is 1. The van der Waals surface area contributed by atoms with Crippen molar-refractivity contribution in [2.45, 2.75) is 44.9 Å². The van der Waals surface area contributed by atoms with Crippen LogP contribution in [0, 0.1) is 0 Å². The SMILES string of the molecule is CC1(C)C(/C=C/c2c3ccccc3cc3ccccc23)=[N+](CCCCCC(=O)NCCN)c2ccc(Nc3ccccc3)cc21. The van der Waals surface area contributed by atoms with Gasteiger partial charge in [-0.2, -0.15) is 4.58 Å². The largest absolute Gasteiger partial charge is 0.356 e. The van der Waals surface area contributed by atoms with Gasteiger partial charge in [0.2, 0.25) is 11.6 Å². The fraction of sp³-hybridized carbons (Fsp3) is 0.250. The fourth-order valence-electron chi connectivity index (χ4n) is 6.61. The van der Waals surface area contributed by atoms with Gasteiger partial charge in [0.25, 0.3) is 0 Å². The molecular formula is C40H43N4O+. The fourth-order valence-corrected chi connectivity index (χ4v) is 6.61. The molecule has 228 valence electrons. The summed E-state index contributed by atoms with van der Waals surface area (Å²) in [6, 6.07) is 36.7. The smallest absolute Gasteiger partial charge is 0.220 e. The number of unbranched alkanes of at least 4 members (excludes halogenated alkanes) is 2. The Kier molecular flexibility index (Phi) is 9.08. The van der Waals surface area contributed by atoms with Crippen molar-refractivity contribution in [1.29, 1.82) is 0 Å². The Morgan fingerprint density at radius 2 is 1.47 bits per heavy atom. The molecule has 0 unspecified atom stereocenters. The minimum absolute atomic E-state index is 0.0871. The first-order valence-corrected chi connectivity index (χ1v) is 16.1. The van der Waals surface area contributed by atoms with E-state index in [0.717, 1.165) is 37.2 Å². The zero-order chi connectivity index (χ0) is 31.2. The standard InChI is InChI=1S/C40H42N4O/c1-40(2)36-28-32(43-31-15-5-3-6-16-31)20-22-37(36)44(26-12-4-7-19-39(45)42-25-24-41)38(40)23-21-35-33-17-10-8-13-29(33)27-30-14-9-11-18-34(30)35/h3,5-6,8-11,13-18,20-23,27-28,43H,4,7,12,19,24-26,41H2,1-2H3/p+1/b23-21+. The van der Waals surface area contributed by atoms with Crippen LogP contribution in [0.25, 0.3) is 27.6 Å². The molecule has 0 fully saturated rings. The van der Waals surface area contributed by atoms with Gasteiger partial charge < -0.3 is 16.4 Å². The van der Waals surface area contributed by atoms with Crippen LogP contribution in [0.1, 0.15) is 50.7 Å². The van der Waals surface area contributed by atoms with Crippen molar-refractivity contribution in [1.82, 2.24) is 5.32 Å². The van der Waals surface area contributed by atoms with Crippen LogP contribution < -0.4 is 16.4 Å². The number of benzene rings is 5. The first kappa shape index (κ1) is 30.3. The summed E-state index contributed by atoms with van der Waals surface area (Å²) in [7, 11) is 0. The van der Waals surface area contributed by atoms with Gasteiger partial charge in [-0.25, -0.2) is 0 Å². The summed E-state index contributed by atoms with van der Waals surface area (Å²) in [5.41, 5.74) is 12.6. The first-order chi connectivity index (χ1) is 22.0. The lowest BCUT2D eigenvalue weighted by Crippen LogP contribution is -2.28. The van der Waals surface area contributed by atoms with Crippen molar-refractivity contribution in [2.24, 2.45) is 5.73 Å². The molecule has 0 aliphatic carbocycles. The number of nitrogens with zero attached hydrogens (tertiary/aromatic N) is 1. The maximum atomic E-state index is 12.1. The summed E-state index contributed by atoms with van der Waals surface area (Å²) in [6.45, 7) is 6.57. The maximum absolute atomic E-state index is 12.1. The number of nitrogens with two attached hydrogens (primary N) is 1. The number of rotatable bonds is 12. The summed E-state index contributed by atoms with van der Waals surface area (Å²) in [5.74, 6) is 0.0871. The highest BCUT2D eigenvalue weighted by Gasteiger charge is 2.44. The Morgan fingerprint density at radius 3 is 2.18 bits per heavy atom. The van der Waals surface area contributed by atoms with E-state index in [2.05, 4.69) is 138 Å². The molecule has 4 N–H and O–H groups in total. The lowest BCUT2D eigenvalue weighted by Gasteiger charge is -2.17. The summed E-state index contributed by atoms with van der Waals surface area (Å²) < 4.78 is 2.50. The molecule has 45 heavy (non-hydrogen) atoms. The van der Waals surface area contributed by atoms with Crippen molar-refractivity contribution in [3.05, 3.63) is 120 Å². The number of nitrogens with one attached hydrogen (secondary N) is 2. The second kappa shape index (κ2) is 13.5. The molecule has 0 aromatic heterocycles. The third-order valence-electron chi connectivity index (χ3n) is 8.93. The highest BCUT2D eigenvalue weighted by molar-refractivity contribution is 6.11. The zero-order valence-corrected chi connectivity index (χ0v) is 26.4. The van der Waals surface area contributed by atoms with Gasteiger partial charge in [-0.1, -0.05) is 66.7 Å². The number of hydrogen-bond acceptors (Lipinski definition) is 3. The molecule has 5 heteroatoms.